The van der Waals surface area contributed by atoms with Gasteiger partial charge in [-0.2, -0.15) is 0 Å². The Bertz CT molecular complexity index is 516. The highest BCUT2D eigenvalue weighted by atomic mass is 79.9. The number of halogens is 1. The Morgan fingerprint density at radius 2 is 2.30 bits per heavy atom. The lowest BCUT2D eigenvalue weighted by Gasteiger charge is -2.19. The summed E-state index contributed by atoms with van der Waals surface area (Å²) in [6.07, 6.45) is 2.77. The Morgan fingerprint density at radius 1 is 1.50 bits per heavy atom. The summed E-state index contributed by atoms with van der Waals surface area (Å²) in [7, 11) is 0. The molecule has 1 atom stereocenters. The lowest BCUT2D eigenvalue weighted by molar-refractivity contribution is -0.123. The number of carbonyl (C=O) groups excluding carboxylic acids is 1. The first-order chi connectivity index (χ1) is 9.57. The minimum absolute atomic E-state index is 0.0263. The largest absolute Gasteiger partial charge is 0.371 e. The maximum Gasteiger partial charge on any atom is 0.240 e. The van der Waals surface area contributed by atoms with Gasteiger partial charge < -0.3 is 16.0 Å². The summed E-state index contributed by atoms with van der Waals surface area (Å²) in [4.78, 5) is 14.2. The predicted octanol–water partition coefficient (Wildman–Crippen LogP) is 1.88. The number of nitrogens with one attached hydrogen (secondary N) is 1. The van der Waals surface area contributed by atoms with Gasteiger partial charge in [0.1, 0.15) is 0 Å². The summed E-state index contributed by atoms with van der Waals surface area (Å²) in [6, 6.07) is 8.36. The summed E-state index contributed by atoms with van der Waals surface area (Å²) >= 11 is 3.51. The molecule has 4 nitrogen and oxygen atoms in total. The molecule has 20 heavy (non-hydrogen) atoms. The van der Waals surface area contributed by atoms with E-state index in [4.69, 9.17) is 5.73 Å². The molecule has 1 heterocycles. The van der Waals surface area contributed by atoms with E-state index < -0.39 is 5.54 Å². The second kappa shape index (κ2) is 5.37. The smallest absolute Gasteiger partial charge is 0.240 e. The third-order valence-corrected chi connectivity index (χ3v) is 4.74. The molecule has 1 saturated carbocycles. The zero-order valence-electron chi connectivity index (χ0n) is 11.4. The zero-order chi connectivity index (χ0) is 14.2. The van der Waals surface area contributed by atoms with Crippen molar-refractivity contribution in [1.82, 2.24) is 5.32 Å². The lowest BCUT2D eigenvalue weighted by Crippen LogP contribution is -2.44. The van der Waals surface area contributed by atoms with Gasteiger partial charge in [-0.15, -0.1) is 0 Å². The van der Waals surface area contributed by atoms with Crippen molar-refractivity contribution in [3.05, 3.63) is 28.7 Å². The Balaban J connectivity index is 1.51. The topological polar surface area (TPSA) is 58.4 Å². The van der Waals surface area contributed by atoms with Crippen LogP contribution in [-0.4, -0.2) is 31.1 Å². The number of rotatable bonds is 4. The molecule has 5 heteroatoms. The van der Waals surface area contributed by atoms with E-state index in [0.29, 0.717) is 5.92 Å². The minimum Gasteiger partial charge on any atom is -0.371 e. The molecule has 1 amide bonds. The van der Waals surface area contributed by atoms with E-state index in [1.807, 2.05) is 6.07 Å². The number of nitrogens with two attached hydrogens (primary N) is 1. The molecular weight excluding hydrogens is 318 g/mol. The van der Waals surface area contributed by atoms with Crippen molar-refractivity contribution in [2.24, 2.45) is 11.7 Å². The molecule has 1 unspecified atom stereocenters. The van der Waals surface area contributed by atoms with Crippen LogP contribution < -0.4 is 16.0 Å². The molecule has 2 fully saturated rings. The maximum absolute atomic E-state index is 11.8. The van der Waals surface area contributed by atoms with Crippen LogP contribution in [0.15, 0.2) is 28.7 Å². The third kappa shape index (κ3) is 2.99. The van der Waals surface area contributed by atoms with E-state index in [2.05, 4.69) is 44.3 Å². The van der Waals surface area contributed by atoms with Crippen LogP contribution in [0.25, 0.3) is 0 Å². The number of amides is 1. The molecule has 1 aliphatic heterocycles. The van der Waals surface area contributed by atoms with E-state index in [0.717, 1.165) is 43.4 Å². The zero-order valence-corrected chi connectivity index (χ0v) is 13.0. The Kier molecular flexibility index (Phi) is 3.73. The second-order valence-corrected chi connectivity index (χ2v) is 6.86. The summed E-state index contributed by atoms with van der Waals surface area (Å²) in [5, 5.41) is 3.01. The molecule has 1 aromatic rings. The molecular formula is C15H20BrN3O. The van der Waals surface area contributed by atoms with Crippen molar-refractivity contribution < 1.29 is 4.79 Å². The van der Waals surface area contributed by atoms with E-state index in [9.17, 15) is 4.79 Å². The van der Waals surface area contributed by atoms with Gasteiger partial charge in [-0.1, -0.05) is 22.0 Å². The quantitative estimate of drug-likeness (QED) is 0.881. The Labute approximate surface area is 127 Å². The van der Waals surface area contributed by atoms with Crippen LogP contribution in [-0.2, 0) is 4.79 Å². The van der Waals surface area contributed by atoms with Crippen molar-refractivity contribution in [3.8, 4) is 0 Å². The molecule has 1 aliphatic carbocycles. The van der Waals surface area contributed by atoms with Crippen molar-refractivity contribution in [3.63, 3.8) is 0 Å². The summed E-state index contributed by atoms with van der Waals surface area (Å²) in [5.74, 6) is 0.540. The van der Waals surface area contributed by atoms with Crippen LogP contribution in [0.3, 0.4) is 0 Å². The highest BCUT2D eigenvalue weighted by Crippen LogP contribution is 2.32. The first kappa shape index (κ1) is 13.9. The first-order valence-corrected chi connectivity index (χ1v) is 7.94. The van der Waals surface area contributed by atoms with Gasteiger partial charge in [0.25, 0.3) is 0 Å². The summed E-state index contributed by atoms with van der Waals surface area (Å²) in [6.45, 7) is 2.78. The van der Waals surface area contributed by atoms with Crippen LogP contribution in [0.1, 0.15) is 19.3 Å². The van der Waals surface area contributed by atoms with Crippen LogP contribution >= 0.6 is 15.9 Å². The minimum atomic E-state index is -0.553. The highest BCUT2D eigenvalue weighted by molar-refractivity contribution is 9.10. The van der Waals surface area contributed by atoms with Crippen LogP contribution in [0.4, 0.5) is 5.69 Å². The van der Waals surface area contributed by atoms with Gasteiger partial charge in [0.05, 0.1) is 5.54 Å². The molecule has 3 N–H and O–H groups in total. The van der Waals surface area contributed by atoms with Gasteiger partial charge in [-0.3, -0.25) is 4.79 Å². The Hall–Kier alpha value is -1.07. The lowest BCUT2D eigenvalue weighted by atomic mass is 10.1. The molecule has 1 saturated heterocycles. The number of carbonyl (C=O) groups is 1. The monoisotopic (exact) mass is 337 g/mol. The molecule has 2 aliphatic rings. The highest BCUT2D eigenvalue weighted by Gasteiger charge is 2.45. The van der Waals surface area contributed by atoms with Crippen molar-refractivity contribution in [2.45, 2.75) is 24.8 Å². The maximum atomic E-state index is 11.8. The van der Waals surface area contributed by atoms with Gasteiger partial charge in [0, 0.05) is 29.8 Å². The molecule has 1 aromatic carbocycles. The number of nitrogens with zero attached hydrogens (tertiary/aromatic N) is 1. The number of benzene rings is 1. The average Bonchev–Trinajstić information content (AvgIpc) is 3.02. The molecule has 0 radical (unpaired) electrons. The van der Waals surface area contributed by atoms with E-state index >= 15 is 0 Å². The molecule has 3 rings (SSSR count). The van der Waals surface area contributed by atoms with Crippen LogP contribution in [0.2, 0.25) is 0 Å². The fraction of sp³-hybridized carbons (Fsp3) is 0.533. The van der Waals surface area contributed by atoms with E-state index in [1.165, 1.54) is 5.69 Å². The molecule has 0 aromatic heterocycles. The van der Waals surface area contributed by atoms with E-state index in [1.54, 1.807) is 0 Å². The van der Waals surface area contributed by atoms with Gasteiger partial charge >= 0.3 is 0 Å². The SMILES string of the molecule is NC1(C(=O)NCC2CCN(c3cccc(Br)c3)C2)CC1. The molecule has 0 bridgehead atoms. The fourth-order valence-corrected chi connectivity index (χ4v) is 3.07. The second-order valence-electron chi connectivity index (χ2n) is 5.95. The number of hydrogen-bond acceptors (Lipinski definition) is 3. The van der Waals surface area contributed by atoms with Crippen LogP contribution in [0.5, 0.6) is 0 Å². The number of hydrogen-bond donors (Lipinski definition) is 2. The van der Waals surface area contributed by atoms with Crippen molar-refractivity contribution >= 4 is 27.5 Å². The van der Waals surface area contributed by atoms with Crippen LogP contribution in [0, 0.1) is 5.92 Å². The predicted molar refractivity (Wildman–Crippen MR) is 83.6 cm³/mol. The van der Waals surface area contributed by atoms with Crippen molar-refractivity contribution in [1.29, 1.82) is 0 Å². The first-order valence-electron chi connectivity index (χ1n) is 7.14. The molecule has 0 spiro atoms. The van der Waals surface area contributed by atoms with Gasteiger partial charge in [0.2, 0.25) is 5.91 Å². The van der Waals surface area contributed by atoms with Crippen molar-refractivity contribution in [2.75, 3.05) is 24.5 Å². The standard InChI is InChI=1S/C15H20BrN3O/c16-12-2-1-3-13(8-12)19-7-4-11(10-19)9-18-14(20)15(17)5-6-15/h1-3,8,11H,4-7,9-10,17H2,(H,18,20). The third-order valence-electron chi connectivity index (χ3n) is 4.25. The van der Waals surface area contributed by atoms with E-state index in [-0.39, 0.29) is 5.91 Å². The Morgan fingerprint density at radius 3 is 3.00 bits per heavy atom. The fourth-order valence-electron chi connectivity index (χ4n) is 2.68. The van der Waals surface area contributed by atoms with Gasteiger partial charge in [0.15, 0.2) is 0 Å². The van der Waals surface area contributed by atoms with Gasteiger partial charge in [-0.25, -0.2) is 0 Å². The summed E-state index contributed by atoms with van der Waals surface area (Å²) in [5.41, 5.74) is 6.57. The van der Waals surface area contributed by atoms with Gasteiger partial charge in [-0.05, 0) is 43.4 Å². The molecule has 108 valence electrons. The average molecular weight is 338 g/mol. The number of anilines is 1. The normalized spacial score (nSPS) is 23.7. The summed E-state index contributed by atoms with van der Waals surface area (Å²) < 4.78 is 1.10.